The molecule has 0 heterocycles. The molecular weight excluding hydrogens is 289 g/mol. The molecule has 0 aliphatic rings. The Morgan fingerprint density at radius 3 is 2.33 bits per heavy atom. The summed E-state index contributed by atoms with van der Waals surface area (Å²) in [5, 5.41) is 0.677. The van der Waals surface area contributed by atoms with Crippen LogP contribution < -0.4 is 4.90 Å². The van der Waals surface area contributed by atoms with Gasteiger partial charge in [0.2, 0.25) is 0 Å². The minimum atomic E-state index is 0.0214. The number of halogens is 1. The fourth-order valence-corrected chi connectivity index (χ4v) is 1.20. The zero-order chi connectivity index (χ0) is 9.14. The molecule has 0 aromatic heterocycles. The zero-order valence-electron chi connectivity index (χ0n) is 6.45. The van der Waals surface area contributed by atoms with E-state index in [0.717, 1.165) is 5.69 Å². The van der Waals surface area contributed by atoms with Gasteiger partial charge in [0.1, 0.15) is 0 Å². The van der Waals surface area contributed by atoms with Crippen molar-refractivity contribution in [3.05, 3.63) is 29.3 Å². The molecule has 0 saturated carbocycles. The van der Waals surface area contributed by atoms with Crippen LogP contribution in [-0.2, 0) is 0 Å². The van der Waals surface area contributed by atoms with Crippen LogP contribution in [0.5, 0.6) is 0 Å². The van der Waals surface area contributed by atoms with E-state index in [1.807, 2.05) is 12.1 Å². The monoisotopic (exact) mass is 298 g/mol. The topological polar surface area (TPSA) is 20.3 Å². The number of carbonyl (C=O) groups excluding carboxylic acids is 1. The number of carbonyl (C=O) groups is 1. The van der Waals surface area contributed by atoms with Crippen LogP contribution >= 0.6 is 11.6 Å². The molecule has 0 aliphatic heterocycles. The van der Waals surface area contributed by atoms with Crippen LogP contribution in [0.4, 0.5) is 10.5 Å². The molecule has 0 spiro atoms. The molecule has 4 heteroatoms. The van der Waals surface area contributed by atoms with Gasteiger partial charge in [-0.1, -0.05) is 0 Å². The fraction of sp³-hybridized carbons (Fsp3) is 0.125. The van der Waals surface area contributed by atoms with Gasteiger partial charge < -0.3 is 0 Å². The van der Waals surface area contributed by atoms with Crippen molar-refractivity contribution in [1.82, 2.24) is 0 Å². The van der Waals surface area contributed by atoms with Crippen molar-refractivity contribution < 1.29 is 4.79 Å². The van der Waals surface area contributed by atoms with E-state index < -0.39 is 0 Å². The molecule has 0 atom stereocenters. The normalized spacial score (nSPS) is 9.50. The van der Waals surface area contributed by atoms with E-state index in [9.17, 15) is 4.79 Å². The van der Waals surface area contributed by atoms with Gasteiger partial charge >= 0.3 is 89.6 Å². The summed E-state index contributed by atoms with van der Waals surface area (Å²) in [5.74, 6) is 0. The van der Waals surface area contributed by atoms with Crippen molar-refractivity contribution >= 4 is 43.5 Å². The van der Waals surface area contributed by atoms with E-state index >= 15 is 0 Å². The third-order valence-electron chi connectivity index (χ3n) is 1.49. The van der Waals surface area contributed by atoms with Gasteiger partial charge in [0.05, 0.1) is 0 Å². The van der Waals surface area contributed by atoms with Crippen LogP contribution in [0, 0.1) is 0 Å². The van der Waals surface area contributed by atoms with Gasteiger partial charge in [-0.05, 0) is 0 Å². The van der Waals surface area contributed by atoms with Gasteiger partial charge in [-0.25, -0.2) is 0 Å². The van der Waals surface area contributed by atoms with Crippen molar-refractivity contribution in [2.75, 3.05) is 11.9 Å². The first kappa shape index (κ1) is 9.85. The molecule has 1 rings (SSSR count). The Bertz CT molecular complexity index is 286. The van der Waals surface area contributed by atoms with E-state index in [4.69, 9.17) is 11.6 Å². The van der Waals surface area contributed by atoms with Gasteiger partial charge in [-0.2, -0.15) is 0 Å². The van der Waals surface area contributed by atoms with E-state index in [1.54, 1.807) is 24.1 Å². The Hall–Kier alpha value is -0.230. The molecule has 0 aliphatic carbocycles. The summed E-state index contributed by atoms with van der Waals surface area (Å²) in [6.07, 6.45) is 0. The number of hydrogen-bond acceptors (Lipinski definition) is 1. The summed E-state index contributed by atoms with van der Waals surface area (Å²) >= 11 is 7.14. The molecule has 0 saturated heterocycles. The Morgan fingerprint density at radius 1 is 1.42 bits per heavy atom. The summed E-state index contributed by atoms with van der Waals surface area (Å²) in [6.45, 7) is 0. The molecule has 0 fully saturated rings. The van der Waals surface area contributed by atoms with Crippen molar-refractivity contribution in [3.8, 4) is 0 Å². The first-order valence-corrected chi connectivity index (χ1v) is 4.86. The number of hydrogen-bond donors (Lipinski definition) is 0. The molecule has 1 radical (unpaired) electrons. The van der Waals surface area contributed by atoms with Gasteiger partial charge in [0.15, 0.2) is 0 Å². The summed E-state index contributed by atoms with van der Waals surface area (Å²) in [4.78, 5) is 12.5. The standard InChI is InChI=1S/C8H7ClNOTe/c1-10(8(11)12)7-4-2-6(9)3-5-7/h2-5H,1H3. The number of benzene rings is 1. The Labute approximate surface area is 89.4 Å². The third-order valence-corrected chi connectivity index (χ3v) is 2.52. The number of rotatable bonds is 1. The molecule has 1 aromatic carbocycles. The van der Waals surface area contributed by atoms with Crippen LogP contribution in [0.1, 0.15) is 0 Å². The predicted octanol–water partition coefficient (Wildman–Crippen LogP) is 2.06. The molecule has 0 N–H and O–H groups in total. The number of nitrogens with zero attached hydrogens (tertiary/aromatic N) is 1. The second kappa shape index (κ2) is 4.13. The van der Waals surface area contributed by atoms with Crippen molar-refractivity contribution in [3.63, 3.8) is 0 Å². The maximum atomic E-state index is 10.9. The quantitative estimate of drug-likeness (QED) is 0.727. The summed E-state index contributed by atoms with van der Waals surface area (Å²) in [6, 6.07) is 7.14. The van der Waals surface area contributed by atoms with E-state index in [2.05, 4.69) is 0 Å². The first-order chi connectivity index (χ1) is 5.61. The van der Waals surface area contributed by atoms with Gasteiger partial charge in [0, 0.05) is 0 Å². The van der Waals surface area contributed by atoms with E-state index in [-0.39, 0.29) is 3.96 Å². The Morgan fingerprint density at radius 2 is 1.92 bits per heavy atom. The molecule has 0 bridgehead atoms. The SMILES string of the molecule is CN(C(=O)[Te])c1ccc(Cl)cc1. The predicted molar refractivity (Wildman–Crippen MR) is 51.0 cm³/mol. The van der Waals surface area contributed by atoms with E-state index in [1.165, 1.54) is 22.3 Å². The first-order valence-electron chi connectivity index (χ1n) is 3.31. The van der Waals surface area contributed by atoms with Crippen LogP contribution in [0.3, 0.4) is 0 Å². The van der Waals surface area contributed by atoms with E-state index in [0.29, 0.717) is 5.02 Å². The Kier molecular flexibility index (Phi) is 3.39. The molecule has 63 valence electrons. The molecule has 1 amide bonds. The maximum absolute atomic E-state index is 10.9. The second-order valence-corrected chi connectivity index (χ2v) is 3.73. The molecule has 1 aromatic rings. The molecule has 0 unspecified atom stereocenters. The third kappa shape index (κ3) is 2.38. The van der Waals surface area contributed by atoms with Crippen molar-refractivity contribution in [2.45, 2.75) is 0 Å². The molecule has 12 heavy (non-hydrogen) atoms. The average molecular weight is 296 g/mol. The summed E-state index contributed by atoms with van der Waals surface area (Å²) < 4.78 is 0.0214. The summed E-state index contributed by atoms with van der Waals surface area (Å²) in [5.41, 5.74) is 0.856. The van der Waals surface area contributed by atoms with Gasteiger partial charge in [-0.3, -0.25) is 0 Å². The van der Waals surface area contributed by atoms with Crippen molar-refractivity contribution in [2.24, 2.45) is 0 Å². The van der Waals surface area contributed by atoms with Crippen LogP contribution in [0.15, 0.2) is 24.3 Å². The number of anilines is 1. The van der Waals surface area contributed by atoms with Crippen LogP contribution in [-0.4, -0.2) is 33.3 Å². The minimum absolute atomic E-state index is 0.0214. The van der Waals surface area contributed by atoms with Gasteiger partial charge in [0.25, 0.3) is 0 Å². The summed E-state index contributed by atoms with van der Waals surface area (Å²) in [7, 11) is 1.73. The Balaban J connectivity index is 2.89. The second-order valence-electron chi connectivity index (χ2n) is 2.30. The van der Waals surface area contributed by atoms with Crippen LogP contribution in [0.2, 0.25) is 5.02 Å². The number of amides is 1. The molecule has 2 nitrogen and oxygen atoms in total. The zero-order valence-corrected chi connectivity index (χ0v) is 9.54. The average Bonchev–Trinajstić information content (AvgIpc) is 2.04. The van der Waals surface area contributed by atoms with Gasteiger partial charge in [-0.15, -0.1) is 0 Å². The fourth-order valence-electron chi connectivity index (χ4n) is 0.770. The molecular formula is C8H7ClNOTe. The van der Waals surface area contributed by atoms with Crippen LogP contribution in [0.25, 0.3) is 0 Å². The van der Waals surface area contributed by atoms with Crippen molar-refractivity contribution in [1.29, 1.82) is 0 Å².